The van der Waals surface area contributed by atoms with Crippen molar-refractivity contribution in [1.29, 1.82) is 0 Å². The van der Waals surface area contributed by atoms with Crippen LogP contribution in [0.3, 0.4) is 0 Å². The van der Waals surface area contributed by atoms with Crippen LogP contribution in [0.2, 0.25) is 0 Å². The molecule has 1 aliphatic rings. The number of aliphatic imine (C=N–C) groups is 1. The standard InChI is InChI=1S/C12H24N2S/c1-15-10-6-2-5-9-14-12(13)11-7-3-4-8-11/h11H,2-10H2,1H3,(H2,13,14). The van der Waals surface area contributed by atoms with Crippen LogP contribution in [0.25, 0.3) is 0 Å². The van der Waals surface area contributed by atoms with Gasteiger partial charge >= 0.3 is 0 Å². The lowest BCUT2D eigenvalue weighted by molar-refractivity contribution is 0.697. The summed E-state index contributed by atoms with van der Waals surface area (Å²) < 4.78 is 0. The predicted octanol–water partition coefficient (Wildman–Crippen LogP) is 3.07. The lowest BCUT2D eigenvalue weighted by atomic mass is 10.1. The molecule has 0 atom stereocenters. The third-order valence-electron chi connectivity index (χ3n) is 3.07. The second-order valence-electron chi connectivity index (χ2n) is 4.34. The quantitative estimate of drug-likeness (QED) is 0.413. The number of nitrogens with two attached hydrogens (primary N) is 1. The summed E-state index contributed by atoms with van der Waals surface area (Å²) in [7, 11) is 0. The molecule has 2 nitrogen and oxygen atoms in total. The van der Waals surface area contributed by atoms with Gasteiger partial charge in [-0.15, -0.1) is 0 Å². The van der Waals surface area contributed by atoms with Gasteiger partial charge in [0.25, 0.3) is 0 Å². The third-order valence-corrected chi connectivity index (χ3v) is 3.77. The van der Waals surface area contributed by atoms with Gasteiger partial charge in [-0.1, -0.05) is 19.3 Å². The van der Waals surface area contributed by atoms with E-state index in [1.54, 1.807) is 0 Å². The highest BCUT2D eigenvalue weighted by Gasteiger charge is 2.17. The zero-order valence-electron chi connectivity index (χ0n) is 9.87. The molecule has 1 fully saturated rings. The van der Waals surface area contributed by atoms with Gasteiger partial charge in [0.2, 0.25) is 0 Å². The minimum absolute atomic E-state index is 0.608. The second-order valence-corrected chi connectivity index (χ2v) is 5.33. The van der Waals surface area contributed by atoms with Gasteiger partial charge in [-0.25, -0.2) is 0 Å². The van der Waals surface area contributed by atoms with Crippen LogP contribution in [0.1, 0.15) is 44.9 Å². The van der Waals surface area contributed by atoms with Crippen LogP contribution >= 0.6 is 11.8 Å². The first kappa shape index (κ1) is 12.9. The Morgan fingerprint density at radius 3 is 2.67 bits per heavy atom. The number of hydrogen-bond acceptors (Lipinski definition) is 2. The topological polar surface area (TPSA) is 38.4 Å². The molecule has 15 heavy (non-hydrogen) atoms. The van der Waals surface area contributed by atoms with Gasteiger partial charge in [-0.2, -0.15) is 11.8 Å². The molecule has 0 aliphatic heterocycles. The van der Waals surface area contributed by atoms with E-state index in [1.165, 1.54) is 50.7 Å². The molecule has 1 saturated carbocycles. The summed E-state index contributed by atoms with van der Waals surface area (Å²) in [6.45, 7) is 0.941. The summed E-state index contributed by atoms with van der Waals surface area (Å²) in [6, 6.07) is 0. The number of nitrogens with zero attached hydrogens (tertiary/aromatic N) is 1. The van der Waals surface area contributed by atoms with E-state index < -0.39 is 0 Å². The minimum Gasteiger partial charge on any atom is -0.387 e. The Morgan fingerprint density at radius 1 is 1.27 bits per heavy atom. The van der Waals surface area contributed by atoms with Crippen LogP contribution in [0.4, 0.5) is 0 Å². The van der Waals surface area contributed by atoms with Crippen molar-refractivity contribution in [3.05, 3.63) is 0 Å². The Balaban J connectivity index is 2.03. The summed E-state index contributed by atoms with van der Waals surface area (Å²) >= 11 is 1.93. The third kappa shape index (κ3) is 5.45. The van der Waals surface area contributed by atoms with E-state index in [4.69, 9.17) is 5.73 Å². The van der Waals surface area contributed by atoms with Crippen molar-refractivity contribution in [2.75, 3.05) is 18.6 Å². The maximum Gasteiger partial charge on any atom is 0.0968 e. The van der Waals surface area contributed by atoms with E-state index in [0.717, 1.165) is 12.4 Å². The van der Waals surface area contributed by atoms with Crippen LogP contribution in [-0.2, 0) is 0 Å². The van der Waals surface area contributed by atoms with Crippen molar-refractivity contribution >= 4 is 17.6 Å². The summed E-state index contributed by atoms with van der Waals surface area (Å²) in [5, 5.41) is 0. The molecule has 0 aromatic rings. The van der Waals surface area contributed by atoms with Gasteiger partial charge in [-0.3, -0.25) is 4.99 Å². The predicted molar refractivity (Wildman–Crippen MR) is 70.7 cm³/mol. The molecule has 88 valence electrons. The zero-order valence-corrected chi connectivity index (χ0v) is 10.7. The Labute approximate surface area is 98.1 Å². The van der Waals surface area contributed by atoms with Gasteiger partial charge in [0, 0.05) is 12.5 Å². The fraction of sp³-hybridized carbons (Fsp3) is 0.917. The smallest absolute Gasteiger partial charge is 0.0968 e. The largest absolute Gasteiger partial charge is 0.387 e. The molecule has 0 amide bonds. The molecular weight excluding hydrogens is 204 g/mol. The van der Waals surface area contributed by atoms with E-state index in [-0.39, 0.29) is 0 Å². The van der Waals surface area contributed by atoms with E-state index in [9.17, 15) is 0 Å². The number of amidine groups is 1. The summed E-state index contributed by atoms with van der Waals surface area (Å²) in [6.07, 6.45) is 11.2. The fourth-order valence-corrected chi connectivity index (χ4v) is 2.59. The zero-order chi connectivity index (χ0) is 10.9. The first-order chi connectivity index (χ1) is 7.34. The molecule has 1 aliphatic carbocycles. The van der Waals surface area contributed by atoms with Crippen molar-refractivity contribution < 1.29 is 0 Å². The summed E-state index contributed by atoms with van der Waals surface area (Å²) in [5.74, 6) is 2.82. The van der Waals surface area contributed by atoms with Crippen LogP contribution in [0, 0.1) is 5.92 Å². The Kier molecular flexibility index (Phi) is 6.90. The fourth-order valence-electron chi connectivity index (χ4n) is 2.09. The van der Waals surface area contributed by atoms with Gasteiger partial charge in [0.15, 0.2) is 0 Å². The Bertz CT molecular complexity index is 186. The summed E-state index contributed by atoms with van der Waals surface area (Å²) in [5.41, 5.74) is 5.97. The Hall–Kier alpha value is -0.180. The highest BCUT2D eigenvalue weighted by molar-refractivity contribution is 7.98. The van der Waals surface area contributed by atoms with Gasteiger partial charge in [0.1, 0.15) is 0 Å². The van der Waals surface area contributed by atoms with Crippen LogP contribution in [0.5, 0.6) is 0 Å². The molecule has 0 aromatic heterocycles. The van der Waals surface area contributed by atoms with Crippen LogP contribution in [0.15, 0.2) is 4.99 Å². The van der Waals surface area contributed by atoms with Crippen molar-refractivity contribution in [2.45, 2.75) is 44.9 Å². The molecule has 3 heteroatoms. The highest BCUT2D eigenvalue weighted by Crippen LogP contribution is 2.24. The van der Waals surface area contributed by atoms with Crippen molar-refractivity contribution in [1.82, 2.24) is 0 Å². The normalized spacial score (nSPS) is 18.6. The van der Waals surface area contributed by atoms with Crippen molar-refractivity contribution in [3.63, 3.8) is 0 Å². The highest BCUT2D eigenvalue weighted by atomic mass is 32.2. The molecule has 0 heterocycles. The minimum atomic E-state index is 0.608. The van der Waals surface area contributed by atoms with Crippen LogP contribution < -0.4 is 5.73 Å². The van der Waals surface area contributed by atoms with Gasteiger partial charge < -0.3 is 5.73 Å². The van der Waals surface area contributed by atoms with E-state index in [2.05, 4.69) is 11.2 Å². The molecule has 1 rings (SSSR count). The Morgan fingerprint density at radius 2 is 2.00 bits per heavy atom. The lowest BCUT2D eigenvalue weighted by Crippen LogP contribution is -2.21. The number of thioether (sulfide) groups is 1. The molecule has 0 unspecified atom stereocenters. The number of unbranched alkanes of at least 4 members (excludes halogenated alkanes) is 2. The molecule has 2 N–H and O–H groups in total. The SMILES string of the molecule is CSCCCCCN=C(N)C1CCCC1. The van der Waals surface area contributed by atoms with Gasteiger partial charge in [-0.05, 0) is 37.7 Å². The molecule has 0 bridgehead atoms. The maximum absolute atomic E-state index is 5.97. The lowest BCUT2D eigenvalue weighted by Gasteiger charge is -2.07. The summed E-state index contributed by atoms with van der Waals surface area (Å²) in [4.78, 5) is 4.49. The molecule has 0 saturated heterocycles. The molecule has 0 aromatic carbocycles. The van der Waals surface area contributed by atoms with Crippen molar-refractivity contribution in [3.8, 4) is 0 Å². The first-order valence-electron chi connectivity index (χ1n) is 6.13. The average molecular weight is 228 g/mol. The second kappa shape index (κ2) is 8.03. The maximum atomic E-state index is 5.97. The molecule has 0 spiro atoms. The number of hydrogen-bond donors (Lipinski definition) is 1. The molecular formula is C12H24N2S. The van der Waals surface area contributed by atoms with E-state index >= 15 is 0 Å². The first-order valence-corrected chi connectivity index (χ1v) is 7.52. The van der Waals surface area contributed by atoms with Crippen molar-refractivity contribution in [2.24, 2.45) is 16.6 Å². The van der Waals surface area contributed by atoms with E-state index in [0.29, 0.717) is 5.92 Å². The number of rotatable bonds is 7. The van der Waals surface area contributed by atoms with Crippen LogP contribution in [-0.4, -0.2) is 24.4 Å². The molecule has 0 radical (unpaired) electrons. The average Bonchev–Trinajstić information content (AvgIpc) is 2.76. The van der Waals surface area contributed by atoms with Gasteiger partial charge in [0.05, 0.1) is 5.84 Å². The van der Waals surface area contributed by atoms with E-state index in [1.807, 2.05) is 11.8 Å². The monoisotopic (exact) mass is 228 g/mol.